The van der Waals surface area contributed by atoms with Crippen LogP contribution in [0.4, 0.5) is 8.78 Å². The van der Waals surface area contributed by atoms with Crippen molar-refractivity contribution < 1.29 is 18.7 Å². The molecule has 0 aromatic carbocycles. The van der Waals surface area contributed by atoms with Crippen LogP contribution in [-0.4, -0.2) is 41.0 Å². The summed E-state index contributed by atoms with van der Waals surface area (Å²) in [7, 11) is 1.23. The Bertz CT molecular complexity index is 203. The summed E-state index contributed by atoms with van der Waals surface area (Å²) in [6.07, 6.45) is 0. The highest BCUT2D eigenvalue weighted by Crippen LogP contribution is 2.36. The van der Waals surface area contributed by atoms with Crippen LogP contribution in [0.5, 0.6) is 0 Å². The first-order valence-corrected chi connectivity index (χ1v) is 3.15. The first-order chi connectivity index (χ1) is 4.79. The van der Waals surface area contributed by atoms with Gasteiger partial charge >= 0.3 is 5.92 Å². The molecule has 0 saturated carbocycles. The molecule has 0 bridgehead atoms. The molecule has 11 heavy (non-hydrogen) atoms. The second kappa shape index (κ2) is 1.91. The number of hydrogen-bond donors (Lipinski definition) is 1. The molecule has 1 fully saturated rings. The number of likely N-dealkylation sites (N-methyl/N-ethyl adjacent to an activating group) is 1. The van der Waals surface area contributed by atoms with E-state index in [0.717, 1.165) is 11.8 Å². The number of likely N-dealkylation sites (tertiary alicyclic amines) is 1. The van der Waals surface area contributed by atoms with Crippen molar-refractivity contribution in [2.45, 2.75) is 18.4 Å². The second-order valence-electron chi connectivity index (χ2n) is 2.94. The van der Waals surface area contributed by atoms with Crippen molar-refractivity contribution >= 4 is 5.91 Å². The van der Waals surface area contributed by atoms with Crippen LogP contribution >= 0.6 is 0 Å². The monoisotopic (exact) mass is 165 g/mol. The van der Waals surface area contributed by atoms with E-state index in [-0.39, 0.29) is 0 Å². The smallest absolute Gasteiger partial charge is 0.302 e. The highest BCUT2D eigenvalue weighted by atomic mass is 19.3. The minimum atomic E-state index is -3.33. The third kappa shape index (κ3) is 0.910. The highest BCUT2D eigenvalue weighted by molar-refractivity contribution is 5.88. The molecule has 0 aromatic heterocycles. The Morgan fingerprint density at radius 1 is 1.64 bits per heavy atom. The lowest BCUT2D eigenvalue weighted by Crippen LogP contribution is -2.46. The van der Waals surface area contributed by atoms with Crippen LogP contribution in [0, 0.1) is 0 Å². The lowest BCUT2D eigenvalue weighted by atomic mass is 10.0. The number of carbonyl (C=O) groups is 1. The first kappa shape index (κ1) is 8.39. The molecular formula is C6H9F2NO2. The van der Waals surface area contributed by atoms with Gasteiger partial charge in [0.25, 0.3) is 5.91 Å². The van der Waals surface area contributed by atoms with Gasteiger partial charge in [0.15, 0.2) is 0 Å². The van der Waals surface area contributed by atoms with Crippen LogP contribution in [0.1, 0.15) is 6.92 Å². The van der Waals surface area contributed by atoms with Crippen LogP contribution in [0.15, 0.2) is 0 Å². The number of alkyl halides is 2. The Morgan fingerprint density at radius 2 is 2.09 bits per heavy atom. The van der Waals surface area contributed by atoms with Crippen molar-refractivity contribution in [2.24, 2.45) is 0 Å². The molecule has 3 nitrogen and oxygen atoms in total. The van der Waals surface area contributed by atoms with Crippen molar-refractivity contribution in [3.63, 3.8) is 0 Å². The molecule has 1 aliphatic rings. The third-order valence-electron chi connectivity index (χ3n) is 1.91. The summed E-state index contributed by atoms with van der Waals surface area (Å²) in [6.45, 7) is 0.123. The quantitative estimate of drug-likeness (QED) is 0.542. The van der Waals surface area contributed by atoms with Gasteiger partial charge in [0.1, 0.15) is 0 Å². The van der Waals surface area contributed by atoms with Gasteiger partial charge in [0.05, 0.1) is 6.54 Å². The van der Waals surface area contributed by atoms with Crippen LogP contribution in [0.25, 0.3) is 0 Å². The molecule has 1 unspecified atom stereocenters. The van der Waals surface area contributed by atoms with E-state index in [9.17, 15) is 13.6 Å². The molecule has 0 aromatic rings. The van der Waals surface area contributed by atoms with E-state index in [1.165, 1.54) is 7.05 Å². The molecule has 1 N–H and O–H groups in total. The summed E-state index contributed by atoms with van der Waals surface area (Å²) in [4.78, 5) is 11.7. The van der Waals surface area contributed by atoms with Gasteiger partial charge in [0.2, 0.25) is 5.60 Å². The minimum Gasteiger partial charge on any atom is -0.375 e. The van der Waals surface area contributed by atoms with Gasteiger partial charge in [-0.1, -0.05) is 0 Å². The molecule has 0 spiro atoms. The molecular weight excluding hydrogens is 156 g/mol. The summed E-state index contributed by atoms with van der Waals surface area (Å²) in [5.41, 5.74) is -2.53. The zero-order chi connectivity index (χ0) is 8.86. The summed E-state index contributed by atoms with van der Waals surface area (Å²) < 4.78 is 25.4. The maximum atomic E-state index is 12.7. The summed E-state index contributed by atoms with van der Waals surface area (Å²) in [5.74, 6) is -4.26. The van der Waals surface area contributed by atoms with Gasteiger partial charge in [-0.15, -0.1) is 0 Å². The Kier molecular flexibility index (Phi) is 1.46. The van der Waals surface area contributed by atoms with Gasteiger partial charge in [-0.25, -0.2) is 8.78 Å². The third-order valence-corrected chi connectivity index (χ3v) is 1.91. The van der Waals surface area contributed by atoms with Crippen LogP contribution < -0.4 is 0 Å². The van der Waals surface area contributed by atoms with E-state index in [4.69, 9.17) is 5.11 Å². The van der Waals surface area contributed by atoms with Crippen molar-refractivity contribution in [3.05, 3.63) is 0 Å². The molecule has 1 aliphatic heterocycles. The fourth-order valence-electron chi connectivity index (χ4n) is 1.05. The number of aliphatic hydroxyl groups is 1. The number of nitrogens with zero attached hydrogens (tertiary/aromatic N) is 1. The molecule has 1 rings (SSSR count). The Balaban J connectivity index is 3.02. The van der Waals surface area contributed by atoms with E-state index < -0.39 is 24.0 Å². The molecule has 1 saturated heterocycles. The Morgan fingerprint density at radius 3 is 2.18 bits per heavy atom. The average Bonchev–Trinajstić information content (AvgIpc) is 1.93. The van der Waals surface area contributed by atoms with Crippen LogP contribution in [0.2, 0.25) is 0 Å². The Labute approximate surface area is 62.6 Å². The van der Waals surface area contributed by atoms with Gasteiger partial charge in [-0.3, -0.25) is 4.79 Å². The van der Waals surface area contributed by atoms with Crippen molar-refractivity contribution in [3.8, 4) is 0 Å². The predicted octanol–water partition coefficient (Wildman–Crippen LogP) is -0.155. The average molecular weight is 165 g/mol. The maximum Gasteiger partial charge on any atom is 0.302 e. The first-order valence-electron chi connectivity index (χ1n) is 3.15. The number of halogens is 2. The van der Waals surface area contributed by atoms with Crippen molar-refractivity contribution in [1.29, 1.82) is 0 Å². The molecule has 1 amide bonds. The standard InChI is InChI=1S/C6H9F2NO2/c1-5(11)4(10)9(2)3-6(5,7)8/h11H,3H2,1-2H3. The fourth-order valence-corrected chi connectivity index (χ4v) is 1.05. The van der Waals surface area contributed by atoms with Gasteiger partial charge in [-0.05, 0) is 6.92 Å². The summed E-state index contributed by atoms with van der Waals surface area (Å²) in [6, 6.07) is 0. The lowest BCUT2D eigenvalue weighted by molar-refractivity contribution is -0.164. The number of carbonyl (C=O) groups excluding carboxylic acids is 1. The second-order valence-corrected chi connectivity index (χ2v) is 2.94. The molecule has 0 radical (unpaired) electrons. The van der Waals surface area contributed by atoms with Gasteiger partial charge < -0.3 is 10.0 Å². The zero-order valence-electron chi connectivity index (χ0n) is 6.27. The number of hydrogen-bond acceptors (Lipinski definition) is 2. The predicted molar refractivity (Wildman–Crippen MR) is 33.2 cm³/mol. The highest BCUT2D eigenvalue weighted by Gasteiger charge is 2.61. The number of rotatable bonds is 0. The molecule has 64 valence electrons. The molecule has 0 aliphatic carbocycles. The topological polar surface area (TPSA) is 40.5 Å². The van der Waals surface area contributed by atoms with E-state index in [1.54, 1.807) is 0 Å². The largest absolute Gasteiger partial charge is 0.375 e. The normalized spacial score (nSPS) is 36.5. The summed E-state index contributed by atoms with van der Waals surface area (Å²) >= 11 is 0. The van der Waals surface area contributed by atoms with Crippen LogP contribution in [-0.2, 0) is 4.79 Å². The van der Waals surface area contributed by atoms with Crippen LogP contribution in [0.3, 0.4) is 0 Å². The van der Waals surface area contributed by atoms with E-state index in [0.29, 0.717) is 0 Å². The summed E-state index contributed by atoms with van der Waals surface area (Å²) in [5, 5.41) is 9.02. The molecule has 5 heteroatoms. The van der Waals surface area contributed by atoms with E-state index in [2.05, 4.69) is 0 Å². The SMILES string of the molecule is CN1CC(F)(F)C(C)(O)C1=O. The Hall–Kier alpha value is -0.710. The number of amides is 1. The lowest BCUT2D eigenvalue weighted by Gasteiger charge is -2.20. The minimum absolute atomic E-state index is 0.709. The van der Waals surface area contributed by atoms with Crippen molar-refractivity contribution in [1.82, 2.24) is 4.90 Å². The zero-order valence-corrected chi connectivity index (χ0v) is 6.27. The molecule has 1 heterocycles. The maximum absolute atomic E-state index is 12.7. The van der Waals surface area contributed by atoms with E-state index >= 15 is 0 Å². The van der Waals surface area contributed by atoms with Gasteiger partial charge in [0, 0.05) is 7.05 Å². The molecule has 1 atom stereocenters. The van der Waals surface area contributed by atoms with E-state index in [1.807, 2.05) is 0 Å². The fraction of sp³-hybridized carbons (Fsp3) is 0.833. The van der Waals surface area contributed by atoms with Gasteiger partial charge in [-0.2, -0.15) is 0 Å². The van der Waals surface area contributed by atoms with Crippen molar-refractivity contribution in [2.75, 3.05) is 13.6 Å².